The van der Waals surface area contributed by atoms with Crippen LogP contribution in [0.5, 0.6) is 0 Å². The van der Waals surface area contributed by atoms with Gasteiger partial charge in [0.2, 0.25) is 0 Å². The lowest BCUT2D eigenvalue weighted by molar-refractivity contribution is -0.141. The summed E-state index contributed by atoms with van der Waals surface area (Å²) in [5.41, 5.74) is 2.48. The highest BCUT2D eigenvalue weighted by Crippen LogP contribution is 2.17. The summed E-state index contributed by atoms with van der Waals surface area (Å²) in [5.74, 6) is -0.939. The zero-order valence-electron chi connectivity index (χ0n) is 9.13. The monoisotopic (exact) mass is 255 g/mol. The van der Waals surface area contributed by atoms with E-state index >= 15 is 0 Å². The van der Waals surface area contributed by atoms with E-state index < -0.39 is 12.0 Å². The lowest BCUT2D eigenvalue weighted by Crippen LogP contribution is -2.45. The molecule has 0 bridgehead atoms. The van der Waals surface area contributed by atoms with Gasteiger partial charge in [-0.1, -0.05) is 0 Å². The van der Waals surface area contributed by atoms with Crippen LogP contribution in [-0.2, 0) is 11.3 Å². The summed E-state index contributed by atoms with van der Waals surface area (Å²) in [6.07, 6.45) is 1.26. The number of likely N-dealkylation sites (tertiary alicyclic amines) is 1. The molecule has 6 nitrogen and oxygen atoms in total. The Morgan fingerprint density at radius 2 is 2.47 bits per heavy atom. The number of rotatable bonds is 3. The van der Waals surface area contributed by atoms with Crippen LogP contribution < -0.4 is 5.32 Å². The molecule has 2 rings (SSSR count). The summed E-state index contributed by atoms with van der Waals surface area (Å²) in [6, 6.07) is -1.02. The quantitative estimate of drug-likeness (QED) is 0.840. The van der Waals surface area contributed by atoms with Crippen LogP contribution in [0, 0.1) is 0 Å². The molecule has 0 aromatic carbocycles. The number of aromatic nitrogens is 1. The zero-order valence-corrected chi connectivity index (χ0v) is 9.94. The van der Waals surface area contributed by atoms with Crippen molar-refractivity contribution in [1.29, 1.82) is 0 Å². The SMILES string of the molecule is O=C(O)C1CCCN1C(=O)NCc1cscn1. The van der Waals surface area contributed by atoms with Crippen LogP contribution in [-0.4, -0.2) is 39.6 Å². The Bertz CT molecular complexity index is 407. The maximum absolute atomic E-state index is 11.8. The van der Waals surface area contributed by atoms with Crippen molar-refractivity contribution in [3.8, 4) is 0 Å². The summed E-state index contributed by atoms with van der Waals surface area (Å²) < 4.78 is 0. The van der Waals surface area contributed by atoms with E-state index in [1.54, 1.807) is 5.51 Å². The lowest BCUT2D eigenvalue weighted by atomic mass is 10.2. The molecule has 7 heteroatoms. The minimum atomic E-state index is -0.939. The minimum absolute atomic E-state index is 0.331. The van der Waals surface area contributed by atoms with Crippen LogP contribution in [0.1, 0.15) is 18.5 Å². The second-order valence-corrected chi connectivity index (χ2v) is 4.55. The number of carboxylic acid groups (broad SMARTS) is 1. The average molecular weight is 255 g/mol. The van der Waals surface area contributed by atoms with Crippen molar-refractivity contribution in [1.82, 2.24) is 15.2 Å². The maximum atomic E-state index is 11.8. The van der Waals surface area contributed by atoms with Crippen molar-refractivity contribution >= 4 is 23.3 Å². The Kier molecular flexibility index (Phi) is 3.58. The van der Waals surface area contributed by atoms with E-state index in [0.29, 0.717) is 19.5 Å². The van der Waals surface area contributed by atoms with Crippen LogP contribution in [0.4, 0.5) is 4.79 Å². The van der Waals surface area contributed by atoms with E-state index in [1.807, 2.05) is 5.38 Å². The molecule has 1 saturated heterocycles. The van der Waals surface area contributed by atoms with Crippen molar-refractivity contribution in [3.63, 3.8) is 0 Å². The molecule has 17 heavy (non-hydrogen) atoms. The van der Waals surface area contributed by atoms with Crippen molar-refractivity contribution in [2.75, 3.05) is 6.54 Å². The van der Waals surface area contributed by atoms with Crippen LogP contribution in [0.25, 0.3) is 0 Å². The van der Waals surface area contributed by atoms with Crippen LogP contribution >= 0.6 is 11.3 Å². The van der Waals surface area contributed by atoms with Gasteiger partial charge >= 0.3 is 12.0 Å². The van der Waals surface area contributed by atoms with Gasteiger partial charge < -0.3 is 15.3 Å². The number of carbonyl (C=O) groups is 2. The van der Waals surface area contributed by atoms with Gasteiger partial charge in [-0.15, -0.1) is 11.3 Å². The third-order valence-corrected chi connectivity index (χ3v) is 3.34. The Hall–Kier alpha value is -1.63. The number of carboxylic acids is 1. The summed E-state index contributed by atoms with van der Waals surface area (Å²) in [4.78, 5) is 28.1. The first-order valence-corrected chi connectivity index (χ1v) is 6.27. The highest BCUT2D eigenvalue weighted by Gasteiger charge is 2.33. The van der Waals surface area contributed by atoms with Gasteiger partial charge in [0.05, 0.1) is 17.7 Å². The van der Waals surface area contributed by atoms with Crippen molar-refractivity contribution in [2.24, 2.45) is 0 Å². The molecule has 1 aromatic rings. The summed E-state index contributed by atoms with van der Waals surface area (Å²) in [6.45, 7) is 0.838. The summed E-state index contributed by atoms with van der Waals surface area (Å²) >= 11 is 1.46. The molecule has 1 fully saturated rings. The Labute approximate surface area is 102 Å². The molecule has 0 saturated carbocycles. The number of carbonyl (C=O) groups excluding carboxylic acids is 1. The molecular formula is C10H13N3O3S. The molecule has 1 unspecified atom stereocenters. The fraction of sp³-hybridized carbons (Fsp3) is 0.500. The molecule has 2 heterocycles. The van der Waals surface area contributed by atoms with Crippen LogP contribution in [0.2, 0.25) is 0 Å². The van der Waals surface area contributed by atoms with E-state index in [4.69, 9.17) is 5.11 Å². The fourth-order valence-electron chi connectivity index (χ4n) is 1.86. The van der Waals surface area contributed by atoms with Crippen molar-refractivity contribution in [2.45, 2.75) is 25.4 Å². The number of thiazole rings is 1. The molecule has 0 radical (unpaired) electrons. The predicted octanol–water partition coefficient (Wildman–Crippen LogP) is 0.902. The fourth-order valence-corrected chi connectivity index (χ4v) is 2.42. The molecule has 1 aliphatic rings. The topological polar surface area (TPSA) is 82.5 Å². The van der Waals surface area contributed by atoms with E-state index in [1.165, 1.54) is 16.2 Å². The van der Waals surface area contributed by atoms with E-state index in [9.17, 15) is 9.59 Å². The van der Waals surface area contributed by atoms with E-state index in [2.05, 4.69) is 10.3 Å². The molecule has 1 aliphatic heterocycles. The van der Waals surface area contributed by atoms with Gasteiger partial charge in [-0.05, 0) is 12.8 Å². The van der Waals surface area contributed by atoms with Gasteiger partial charge in [-0.2, -0.15) is 0 Å². The predicted molar refractivity (Wildman–Crippen MR) is 61.7 cm³/mol. The van der Waals surface area contributed by atoms with Crippen molar-refractivity contribution < 1.29 is 14.7 Å². The normalized spacial score (nSPS) is 19.3. The number of amides is 2. The minimum Gasteiger partial charge on any atom is -0.480 e. The molecule has 0 aliphatic carbocycles. The molecule has 1 atom stereocenters. The molecule has 0 spiro atoms. The number of urea groups is 1. The first-order valence-electron chi connectivity index (χ1n) is 5.33. The van der Waals surface area contributed by atoms with Gasteiger partial charge in [0.15, 0.2) is 0 Å². The Morgan fingerprint density at radius 3 is 3.12 bits per heavy atom. The number of nitrogens with zero attached hydrogens (tertiary/aromatic N) is 2. The van der Waals surface area contributed by atoms with Crippen LogP contribution in [0.15, 0.2) is 10.9 Å². The third kappa shape index (κ3) is 2.73. The highest BCUT2D eigenvalue weighted by molar-refractivity contribution is 7.07. The lowest BCUT2D eigenvalue weighted by Gasteiger charge is -2.21. The largest absolute Gasteiger partial charge is 0.480 e. The highest BCUT2D eigenvalue weighted by atomic mass is 32.1. The van der Waals surface area contributed by atoms with E-state index in [0.717, 1.165) is 12.1 Å². The summed E-state index contributed by atoms with van der Waals surface area (Å²) in [7, 11) is 0. The molecule has 92 valence electrons. The molecular weight excluding hydrogens is 242 g/mol. The smallest absolute Gasteiger partial charge is 0.326 e. The van der Waals surface area contributed by atoms with Gasteiger partial charge in [0, 0.05) is 11.9 Å². The van der Waals surface area contributed by atoms with Gasteiger partial charge in [-0.3, -0.25) is 0 Å². The molecule has 2 N–H and O–H groups in total. The summed E-state index contributed by atoms with van der Waals surface area (Å²) in [5, 5.41) is 13.5. The standard InChI is InChI=1S/C10H13N3O3S/c14-9(15)8-2-1-3-13(8)10(16)11-4-7-5-17-6-12-7/h5-6,8H,1-4H2,(H,11,16)(H,14,15). The maximum Gasteiger partial charge on any atom is 0.326 e. The van der Waals surface area contributed by atoms with Gasteiger partial charge in [-0.25, -0.2) is 14.6 Å². The van der Waals surface area contributed by atoms with E-state index in [-0.39, 0.29) is 6.03 Å². The zero-order chi connectivity index (χ0) is 12.3. The molecule has 1 aromatic heterocycles. The average Bonchev–Trinajstić information content (AvgIpc) is 2.96. The number of nitrogens with one attached hydrogen (secondary N) is 1. The number of aliphatic carboxylic acids is 1. The second kappa shape index (κ2) is 5.13. The second-order valence-electron chi connectivity index (χ2n) is 3.83. The Morgan fingerprint density at radius 1 is 1.65 bits per heavy atom. The van der Waals surface area contributed by atoms with Gasteiger partial charge in [0.25, 0.3) is 0 Å². The van der Waals surface area contributed by atoms with Gasteiger partial charge in [0.1, 0.15) is 6.04 Å². The number of hydrogen-bond donors (Lipinski definition) is 2. The first-order chi connectivity index (χ1) is 8.18. The third-order valence-electron chi connectivity index (χ3n) is 2.70. The van der Waals surface area contributed by atoms with Crippen LogP contribution in [0.3, 0.4) is 0 Å². The van der Waals surface area contributed by atoms with Crippen molar-refractivity contribution in [3.05, 3.63) is 16.6 Å². The molecule has 2 amide bonds. The Balaban J connectivity index is 1.89. The number of hydrogen-bond acceptors (Lipinski definition) is 4. The first kappa shape index (κ1) is 11.8.